The van der Waals surface area contributed by atoms with E-state index >= 15 is 0 Å². The first-order valence-corrected chi connectivity index (χ1v) is 9.57. The minimum absolute atomic E-state index is 0.0159. The highest BCUT2D eigenvalue weighted by Crippen LogP contribution is 2.31. The van der Waals surface area contributed by atoms with E-state index in [4.69, 9.17) is 14.2 Å². The molecule has 0 amide bonds. The van der Waals surface area contributed by atoms with Gasteiger partial charge in [0.05, 0.1) is 11.5 Å². The molecular formula is C22H20N2O7. The number of cyclic esters (lactones) is 1. The summed E-state index contributed by atoms with van der Waals surface area (Å²) in [6.45, 7) is 5.45. The van der Waals surface area contributed by atoms with Crippen LogP contribution in [0.3, 0.4) is 0 Å². The van der Waals surface area contributed by atoms with Crippen LogP contribution in [0.1, 0.15) is 37.0 Å². The molecule has 0 saturated heterocycles. The number of nitro benzene ring substituents is 1. The molecule has 31 heavy (non-hydrogen) atoms. The molecule has 0 spiro atoms. The lowest BCUT2D eigenvalue weighted by molar-refractivity contribution is -0.385. The van der Waals surface area contributed by atoms with Gasteiger partial charge in [-0.05, 0) is 43.7 Å². The van der Waals surface area contributed by atoms with Gasteiger partial charge in [0.15, 0.2) is 17.2 Å². The van der Waals surface area contributed by atoms with E-state index in [1.807, 2.05) is 0 Å². The minimum Gasteiger partial charge on any atom is -0.490 e. The average molecular weight is 424 g/mol. The van der Waals surface area contributed by atoms with Crippen molar-refractivity contribution in [1.29, 1.82) is 0 Å². The molecule has 2 aromatic carbocycles. The van der Waals surface area contributed by atoms with Gasteiger partial charge in [-0.15, -0.1) is 0 Å². The van der Waals surface area contributed by atoms with Crippen molar-refractivity contribution in [2.45, 2.75) is 27.2 Å². The topological polar surface area (TPSA) is 117 Å². The number of esters is 2. The smallest absolute Gasteiger partial charge is 0.363 e. The number of carbonyl (C=O) groups is 2. The number of carbonyl (C=O) groups excluding carboxylic acids is 2. The van der Waals surface area contributed by atoms with Crippen molar-refractivity contribution in [3.05, 3.63) is 68.9 Å². The van der Waals surface area contributed by atoms with Crippen molar-refractivity contribution >= 4 is 29.6 Å². The summed E-state index contributed by atoms with van der Waals surface area (Å²) in [6.07, 6.45) is 1.71. The summed E-state index contributed by atoms with van der Waals surface area (Å²) < 4.78 is 16.0. The third-order valence-corrected chi connectivity index (χ3v) is 4.36. The number of ether oxygens (including phenoxy) is 3. The fourth-order valence-electron chi connectivity index (χ4n) is 2.79. The Kier molecular flexibility index (Phi) is 6.44. The number of benzene rings is 2. The van der Waals surface area contributed by atoms with Gasteiger partial charge in [0, 0.05) is 23.6 Å². The second-order valence-corrected chi connectivity index (χ2v) is 6.56. The van der Waals surface area contributed by atoms with E-state index in [2.05, 4.69) is 4.99 Å². The standard InChI is InChI=1S/C22H20N2O7/c1-4-20(25)30-18-9-7-14(11-19(18)29-5-2)10-16-22(26)31-21(23-16)15-8-6-13(3)17(12-15)24(27)28/h6-12H,4-5H2,1-3H3/b16-10-. The van der Waals surface area contributed by atoms with Gasteiger partial charge in [-0.25, -0.2) is 9.79 Å². The van der Waals surface area contributed by atoms with Crippen molar-refractivity contribution in [2.24, 2.45) is 4.99 Å². The van der Waals surface area contributed by atoms with Gasteiger partial charge in [0.25, 0.3) is 5.69 Å². The highest BCUT2D eigenvalue weighted by molar-refractivity contribution is 6.13. The molecule has 0 saturated carbocycles. The summed E-state index contributed by atoms with van der Waals surface area (Å²) in [5.74, 6) is -0.465. The van der Waals surface area contributed by atoms with Crippen LogP contribution in [0.15, 0.2) is 47.1 Å². The number of rotatable bonds is 7. The van der Waals surface area contributed by atoms with Crippen LogP contribution in [0, 0.1) is 17.0 Å². The minimum atomic E-state index is -0.683. The Hall–Kier alpha value is -4.01. The zero-order chi connectivity index (χ0) is 22.5. The molecule has 0 N–H and O–H groups in total. The number of hydrogen-bond donors (Lipinski definition) is 0. The lowest BCUT2D eigenvalue weighted by Crippen LogP contribution is -2.07. The SMILES string of the molecule is CCOc1cc(/C=C2\N=C(c3ccc(C)c([N+](=O)[O-])c3)OC2=O)ccc1OC(=O)CC. The maximum absolute atomic E-state index is 12.3. The van der Waals surface area contributed by atoms with Crippen LogP contribution in [0.2, 0.25) is 0 Å². The molecule has 3 rings (SSSR count). The number of hydrogen-bond acceptors (Lipinski definition) is 8. The fraction of sp³-hybridized carbons (Fsp3) is 0.227. The fourth-order valence-corrected chi connectivity index (χ4v) is 2.79. The third kappa shape index (κ3) is 4.95. The van der Waals surface area contributed by atoms with E-state index in [1.54, 1.807) is 51.1 Å². The second kappa shape index (κ2) is 9.21. The molecule has 0 fully saturated rings. The van der Waals surface area contributed by atoms with Crippen molar-refractivity contribution in [2.75, 3.05) is 6.61 Å². The van der Waals surface area contributed by atoms with Crippen molar-refractivity contribution in [1.82, 2.24) is 0 Å². The molecule has 0 aliphatic carbocycles. The normalized spacial score (nSPS) is 14.2. The second-order valence-electron chi connectivity index (χ2n) is 6.56. The molecular weight excluding hydrogens is 404 g/mol. The monoisotopic (exact) mass is 424 g/mol. The van der Waals surface area contributed by atoms with Gasteiger partial charge < -0.3 is 14.2 Å². The molecule has 9 nitrogen and oxygen atoms in total. The number of aliphatic imine (C=N–C) groups is 1. The quantitative estimate of drug-likeness (QED) is 0.217. The van der Waals surface area contributed by atoms with Gasteiger partial charge in [0.2, 0.25) is 5.90 Å². The van der Waals surface area contributed by atoms with Gasteiger partial charge in [0.1, 0.15) is 0 Å². The Morgan fingerprint density at radius 3 is 2.65 bits per heavy atom. The Balaban J connectivity index is 1.93. The van der Waals surface area contributed by atoms with Crippen LogP contribution in [0.25, 0.3) is 6.08 Å². The van der Waals surface area contributed by atoms with Crippen LogP contribution < -0.4 is 9.47 Å². The van der Waals surface area contributed by atoms with E-state index in [0.717, 1.165) is 0 Å². The number of nitrogens with zero attached hydrogens (tertiary/aromatic N) is 2. The molecule has 2 aromatic rings. The summed E-state index contributed by atoms with van der Waals surface area (Å²) in [5, 5.41) is 11.2. The van der Waals surface area contributed by atoms with E-state index < -0.39 is 16.9 Å². The van der Waals surface area contributed by atoms with E-state index in [0.29, 0.717) is 29.0 Å². The predicted octanol–water partition coefficient (Wildman–Crippen LogP) is 3.96. The zero-order valence-corrected chi connectivity index (χ0v) is 17.2. The molecule has 0 atom stereocenters. The van der Waals surface area contributed by atoms with E-state index in [9.17, 15) is 19.7 Å². The molecule has 0 bridgehead atoms. The third-order valence-electron chi connectivity index (χ3n) is 4.36. The highest BCUT2D eigenvalue weighted by Gasteiger charge is 2.26. The Morgan fingerprint density at radius 1 is 1.19 bits per heavy atom. The molecule has 0 aromatic heterocycles. The molecule has 1 heterocycles. The Labute approximate surface area is 178 Å². The zero-order valence-electron chi connectivity index (χ0n) is 17.2. The highest BCUT2D eigenvalue weighted by atomic mass is 16.6. The maximum Gasteiger partial charge on any atom is 0.363 e. The Morgan fingerprint density at radius 2 is 1.97 bits per heavy atom. The molecule has 1 aliphatic rings. The van der Waals surface area contributed by atoms with Crippen molar-refractivity contribution in [3.63, 3.8) is 0 Å². The van der Waals surface area contributed by atoms with Gasteiger partial charge >= 0.3 is 11.9 Å². The first-order chi connectivity index (χ1) is 14.8. The number of aryl methyl sites for hydroxylation is 1. The largest absolute Gasteiger partial charge is 0.490 e. The summed E-state index contributed by atoms with van der Waals surface area (Å²) in [5.41, 5.74) is 1.32. The maximum atomic E-state index is 12.3. The number of nitro groups is 1. The molecule has 160 valence electrons. The van der Waals surface area contributed by atoms with Crippen LogP contribution in [0.4, 0.5) is 5.69 Å². The van der Waals surface area contributed by atoms with Crippen LogP contribution in [0.5, 0.6) is 11.5 Å². The molecule has 9 heteroatoms. The average Bonchev–Trinajstić information content (AvgIpc) is 3.10. The van der Waals surface area contributed by atoms with Gasteiger partial charge in [-0.1, -0.05) is 19.1 Å². The lowest BCUT2D eigenvalue weighted by Gasteiger charge is -2.10. The van der Waals surface area contributed by atoms with Gasteiger partial charge in [-0.2, -0.15) is 0 Å². The summed E-state index contributed by atoms with van der Waals surface area (Å²) in [6, 6.07) is 9.31. The summed E-state index contributed by atoms with van der Waals surface area (Å²) in [4.78, 5) is 38.7. The van der Waals surface area contributed by atoms with Crippen LogP contribution in [-0.2, 0) is 14.3 Å². The molecule has 0 radical (unpaired) electrons. The molecule has 0 unspecified atom stereocenters. The van der Waals surface area contributed by atoms with Crippen LogP contribution in [-0.4, -0.2) is 29.4 Å². The summed E-state index contributed by atoms with van der Waals surface area (Å²) >= 11 is 0. The van der Waals surface area contributed by atoms with Crippen LogP contribution >= 0.6 is 0 Å². The van der Waals surface area contributed by atoms with Crippen molar-refractivity contribution < 1.29 is 28.7 Å². The van der Waals surface area contributed by atoms with E-state index in [1.165, 1.54) is 12.1 Å². The van der Waals surface area contributed by atoms with Crippen molar-refractivity contribution in [3.8, 4) is 11.5 Å². The summed E-state index contributed by atoms with van der Waals surface area (Å²) in [7, 11) is 0. The lowest BCUT2D eigenvalue weighted by atomic mass is 10.1. The first-order valence-electron chi connectivity index (χ1n) is 9.57. The Bertz CT molecular complexity index is 1120. The predicted molar refractivity (Wildman–Crippen MR) is 112 cm³/mol. The molecule has 1 aliphatic heterocycles. The first kappa shape index (κ1) is 21.7. The van der Waals surface area contributed by atoms with Gasteiger partial charge in [-0.3, -0.25) is 14.9 Å². The van der Waals surface area contributed by atoms with E-state index in [-0.39, 0.29) is 29.5 Å².